The maximum absolute atomic E-state index is 13.2. The lowest BCUT2D eigenvalue weighted by Crippen LogP contribution is -2.50. The van der Waals surface area contributed by atoms with Gasteiger partial charge >= 0.3 is 0 Å². The van der Waals surface area contributed by atoms with Crippen LogP contribution in [0.25, 0.3) is 0 Å². The van der Waals surface area contributed by atoms with Crippen molar-refractivity contribution in [1.29, 1.82) is 0 Å². The second-order valence-electron chi connectivity index (χ2n) is 7.74. The molecule has 2 aromatic rings. The summed E-state index contributed by atoms with van der Waals surface area (Å²) < 4.78 is 0. The zero-order valence-electron chi connectivity index (χ0n) is 16.8. The number of halogens is 3. The van der Waals surface area contributed by atoms with Crippen LogP contribution < -0.4 is 5.32 Å². The third-order valence-electron chi connectivity index (χ3n) is 5.47. The third-order valence-corrected chi connectivity index (χ3v) is 6.47. The van der Waals surface area contributed by atoms with Gasteiger partial charge in [-0.15, -0.1) is 0 Å². The minimum absolute atomic E-state index is 0.127. The van der Waals surface area contributed by atoms with E-state index in [9.17, 15) is 9.59 Å². The Kier molecular flexibility index (Phi) is 8.04. The number of hydrogen-bond donors (Lipinski definition) is 1. The van der Waals surface area contributed by atoms with Gasteiger partial charge in [-0.05, 0) is 55.2 Å². The first-order valence-electron chi connectivity index (χ1n) is 10.1. The monoisotopic (exact) mass is 466 g/mol. The molecule has 1 fully saturated rings. The molecule has 1 aliphatic rings. The second kappa shape index (κ2) is 10.5. The average Bonchev–Trinajstić information content (AvgIpc) is 3.22. The van der Waals surface area contributed by atoms with E-state index >= 15 is 0 Å². The smallest absolute Gasteiger partial charge is 0.242 e. The van der Waals surface area contributed by atoms with Crippen molar-refractivity contribution < 1.29 is 9.59 Å². The van der Waals surface area contributed by atoms with Gasteiger partial charge < -0.3 is 10.2 Å². The Hall–Kier alpha value is -1.75. The molecule has 2 aromatic carbocycles. The summed E-state index contributed by atoms with van der Waals surface area (Å²) in [5.41, 5.74) is 1.65. The van der Waals surface area contributed by atoms with Gasteiger partial charge in [0.1, 0.15) is 6.04 Å². The Balaban J connectivity index is 1.77. The number of amides is 2. The largest absolute Gasteiger partial charge is 0.352 e. The van der Waals surface area contributed by atoms with Crippen LogP contribution in [0.15, 0.2) is 42.5 Å². The van der Waals surface area contributed by atoms with Gasteiger partial charge in [-0.3, -0.25) is 9.59 Å². The first-order valence-corrected chi connectivity index (χ1v) is 11.2. The molecule has 0 aliphatic heterocycles. The van der Waals surface area contributed by atoms with Gasteiger partial charge in [-0.1, -0.05) is 65.8 Å². The Labute approximate surface area is 192 Å². The number of carbonyl (C=O) groups is 2. The number of nitrogens with zero attached hydrogens (tertiary/aromatic N) is 1. The molecule has 1 unspecified atom stereocenters. The van der Waals surface area contributed by atoms with Crippen LogP contribution in [0, 0.1) is 0 Å². The van der Waals surface area contributed by atoms with Crippen LogP contribution >= 0.6 is 34.8 Å². The Bertz CT molecular complexity index is 896. The number of nitrogens with one attached hydrogen (secondary N) is 1. The molecule has 0 aromatic heterocycles. The maximum atomic E-state index is 13.2. The van der Waals surface area contributed by atoms with E-state index < -0.39 is 6.04 Å². The molecule has 160 valence electrons. The van der Waals surface area contributed by atoms with Gasteiger partial charge in [0.2, 0.25) is 11.8 Å². The SMILES string of the molecule is CC(C(=O)NC1CCCC1)N(Cc1ccc(Cl)cc1)C(=O)Cc1ccc(Cl)c(Cl)c1. The standard InChI is InChI=1S/C23H25Cl3N2O2/c1-15(23(30)27-19-4-2-3-5-19)28(14-16-6-9-18(24)10-7-16)22(29)13-17-8-11-20(25)21(26)12-17/h6-12,15,19H,2-5,13-14H2,1H3,(H,27,30). The highest BCUT2D eigenvalue weighted by molar-refractivity contribution is 6.42. The van der Waals surface area contributed by atoms with Crippen molar-refractivity contribution in [3.63, 3.8) is 0 Å². The molecule has 0 heterocycles. The van der Waals surface area contributed by atoms with Crippen LogP contribution in [-0.2, 0) is 22.6 Å². The normalized spacial score (nSPS) is 15.1. The minimum Gasteiger partial charge on any atom is -0.352 e. The number of rotatable bonds is 7. The fourth-order valence-corrected chi connectivity index (χ4v) is 4.13. The van der Waals surface area contributed by atoms with Crippen molar-refractivity contribution in [2.45, 2.75) is 57.7 Å². The zero-order chi connectivity index (χ0) is 21.7. The molecular weight excluding hydrogens is 443 g/mol. The predicted octanol–water partition coefficient (Wildman–Crippen LogP) is 5.67. The molecular formula is C23H25Cl3N2O2. The molecule has 0 radical (unpaired) electrons. The van der Waals surface area contributed by atoms with Gasteiger partial charge in [0.15, 0.2) is 0 Å². The Morgan fingerprint density at radius 1 is 1.00 bits per heavy atom. The van der Waals surface area contributed by atoms with E-state index in [-0.39, 0.29) is 24.3 Å². The first kappa shape index (κ1) is 22.9. The molecule has 0 saturated heterocycles. The molecule has 1 atom stereocenters. The molecule has 2 amide bonds. The topological polar surface area (TPSA) is 49.4 Å². The highest BCUT2D eigenvalue weighted by atomic mass is 35.5. The highest BCUT2D eigenvalue weighted by Crippen LogP contribution is 2.24. The Morgan fingerprint density at radius 2 is 1.63 bits per heavy atom. The number of benzene rings is 2. The summed E-state index contributed by atoms with van der Waals surface area (Å²) in [6.45, 7) is 2.09. The van der Waals surface area contributed by atoms with E-state index in [4.69, 9.17) is 34.8 Å². The predicted molar refractivity (Wildman–Crippen MR) is 122 cm³/mol. The molecule has 0 bridgehead atoms. The summed E-state index contributed by atoms with van der Waals surface area (Å²) >= 11 is 18.1. The summed E-state index contributed by atoms with van der Waals surface area (Å²) in [5.74, 6) is -0.282. The fourth-order valence-electron chi connectivity index (χ4n) is 3.69. The molecule has 7 heteroatoms. The molecule has 0 spiro atoms. The fraction of sp³-hybridized carbons (Fsp3) is 0.391. The molecule has 1 N–H and O–H groups in total. The molecule has 1 aliphatic carbocycles. The van der Waals surface area contributed by atoms with E-state index in [1.54, 1.807) is 42.2 Å². The first-order chi connectivity index (χ1) is 14.3. The highest BCUT2D eigenvalue weighted by Gasteiger charge is 2.28. The second-order valence-corrected chi connectivity index (χ2v) is 8.99. The van der Waals surface area contributed by atoms with Crippen molar-refractivity contribution in [2.75, 3.05) is 0 Å². The number of hydrogen-bond acceptors (Lipinski definition) is 2. The van der Waals surface area contributed by atoms with Crippen LogP contribution in [0.5, 0.6) is 0 Å². The van der Waals surface area contributed by atoms with E-state index in [1.807, 2.05) is 12.1 Å². The quantitative estimate of drug-likeness (QED) is 0.571. The summed E-state index contributed by atoms with van der Waals surface area (Å²) in [5, 5.41) is 4.56. The Morgan fingerprint density at radius 3 is 2.27 bits per heavy atom. The van der Waals surface area contributed by atoms with Crippen LogP contribution in [0.4, 0.5) is 0 Å². The summed E-state index contributed by atoms with van der Waals surface area (Å²) in [6, 6.07) is 12.0. The van der Waals surface area contributed by atoms with Crippen molar-refractivity contribution in [2.24, 2.45) is 0 Å². The minimum atomic E-state index is -0.600. The van der Waals surface area contributed by atoms with Crippen molar-refractivity contribution >= 4 is 46.6 Å². The summed E-state index contributed by atoms with van der Waals surface area (Å²) in [4.78, 5) is 27.7. The third kappa shape index (κ3) is 6.13. The van der Waals surface area contributed by atoms with E-state index in [1.165, 1.54) is 0 Å². The van der Waals surface area contributed by atoms with Crippen LogP contribution in [0.1, 0.15) is 43.7 Å². The molecule has 30 heavy (non-hydrogen) atoms. The van der Waals surface area contributed by atoms with Gasteiger partial charge in [-0.2, -0.15) is 0 Å². The van der Waals surface area contributed by atoms with Crippen molar-refractivity contribution in [3.8, 4) is 0 Å². The van der Waals surface area contributed by atoms with Crippen LogP contribution in [-0.4, -0.2) is 28.8 Å². The molecule has 4 nitrogen and oxygen atoms in total. The van der Waals surface area contributed by atoms with Crippen LogP contribution in [0.3, 0.4) is 0 Å². The van der Waals surface area contributed by atoms with Gasteiger partial charge in [0, 0.05) is 17.6 Å². The van der Waals surface area contributed by atoms with Crippen molar-refractivity contribution in [1.82, 2.24) is 10.2 Å². The lowest BCUT2D eigenvalue weighted by atomic mass is 10.1. The molecule has 1 saturated carbocycles. The van der Waals surface area contributed by atoms with E-state index in [0.717, 1.165) is 36.8 Å². The van der Waals surface area contributed by atoms with Gasteiger partial charge in [0.05, 0.1) is 16.5 Å². The average molecular weight is 468 g/mol. The summed E-state index contributed by atoms with van der Waals surface area (Å²) in [7, 11) is 0. The lowest BCUT2D eigenvalue weighted by Gasteiger charge is -2.30. The van der Waals surface area contributed by atoms with Gasteiger partial charge in [-0.25, -0.2) is 0 Å². The van der Waals surface area contributed by atoms with Gasteiger partial charge in [0.25, 0.3) is 0 Å². The number of carbonyl (C=O) groups excluding carboxylic acids is 2. The summed E-state index contributed by atoms with van der Waals surface area (Å²) in [6.07, 6.45) is 4.37. The van der Waals surface area contributed by atoms with E-state index in [2.05, 4.69) is 5.32 Å². The van der Waals surface area contributed by atoms with E-state index in [0.29, 0.717) is 21.6 Å². The lowest BCUT2D eigenvalue weighted by molar-refractivity contribution is -0.140. The zero-order valence-corrected chi connectivity index (χ0v) is 19.1. The van der Waals surface area contributed by atoms with Crippen LogP contribution in [0.2, 0.25) is 15.1 Å². The maximum Gasteiger partial charge on any atom is 0.242 e. The molecule has 3 rings (SSSR count). The van der Waals surface area contributed by atoms with Crippen molar-refractivity contribution in [3.05, 3.63) is 68.7 Å².